The average molecular weight is 272 g/mol. The zero-order valence-electron chi connectivity index (χ0n) is 10.8. The lowest BCUT2D eigenvalue weighted by atomic mass is 9.78. The van der Waals surface area contributed by atoms with Crippen molar-refractivity contribution in [3.63, 3.8) is 0 Å². The molecule has 0 saturated heterocycles. The smallest absolute Gasteiger partial charge is 0.316 e. The van der Waals surface area contributed by atoms with Gasteiger partial charge >= 0.3 is 5.97 Å². The van der Waals surface area contributed by atoms with Crippen LogP contribution in [0.5, 0.6) is 0 Å². The SMILES string of the molecule is C=CCC(C)(C(=O)OCC)c1c(F)cc(F)cc1F. The Morgan fingerprint density at radius 1 is 1.37 bits per heavy atom. The Hall–Kier alpha value is -1.78. The van der Waals surface area contributed by atoms with Crippen LogP contribution in [0.4, 0.5) is 13.2 Å². The number of hydrogen-bond acceptors (Lipinski definition) is 2. The lowest BCUT2D eigenvalue weighted by Crippen LogP contribution is -2.36. The van der Waals surface area contributed by atoms with Gasteiger partial charge in [0, 0.05) is 17.7 Å². The van der Waals surface area contributed by atoms with Gasteiger partial charge in [-0.25, -0.2) is 13.2 Å². The highest BCUT2D eigenvalue weighted by Gasteiger charge is 2.40. The summed E-state index contributed by atoms with van der Waals surface area (Å²) < 4.78 is 45.4. The molecule has 0 aromatic heterocycles. The fourth-order valence-corrected chi connectivity index (χ4v) is 1.94. The third kappa shape index (κ3) is 2.97. The molecule has 0 heterocycles. The summed E-state index contributed by atoms with van der Waals surface area (Å²) in [6.45, 7) is 6.47. The Kier molecular flexibility index (Phi) is 4.75. The van der Waals surface area contributed by atoms with Crippen LogP contribution in [-0.2, 0) is 14.9 Å². The Morgan fingerprint density at radius 3 is 2.32 bits per heavy atom. The molecule has 19 heavy (non-hydrogen) atoms. The molecule has 0 aliphatic heterocycles. The molecule has 0 bridgehead atoms. The highest BCUT2D eigenvalue weighted by atomic mass is 19.1. The molecule has 0 fully saturated rings. The minimum absolute atomic E-state index is 0.0225. The van der Waals surface area contributed by atoms with E-state index in [1.54, 1.807) is 6.92 Å². The lowest BCUT2D eigenvalue weighted by molar-refractivity contribution is -0.149. The lowest BCUT2D eigenvalue weighted by Gasteiger charge is -2.27. The molecule has 0 aliphatic carbocycles. The molecule has 0 N–H and O–H groups in total. The molecule has 2 nitrogen and oxygen atoms in total. The van der Waals surface area contributed by atoms with Crippen molar-refractivity contribution < 1.29 is 22.7 Å². The zero-order valence-corrected chi connectivity index (χ0v) is 10.8. The van der Waals surface area contributed by atoms with Gasteiger partial charge in [-0.2, -0.15) is 0 Å². The van der Waals surface area contributed by atoms with Gasteiger partial charge in [-0.1, -0.05) is 6.08 Å². The number of halogens is 3. The first kappa shape index (κ1) is 15.3. The van der Waals surface area contributed by atoms with Crippen LogP contribution in [0, 0.1) is 17.5 Å². The maximum Gasteiger partial charge on any atom is 0.316 e. The Morgan fingerprint density at radius 2 is 1.89 bits per heavy atom. The van der Waals surface area contributed by atoms with Gasteiger partial charge < -0.3 is 4.74 Å². The Labute approximate surface area is 109 Å². The number of carbonyl (C=O) groups excluding carboxylic acids is 1. The molecular formula is C14H15F3O2. The Bertz CT molecular complexity index is 476. The molecule has 0 aliphatic rings. The summed E-state index contributed by atoms with van der Waals surface area (Å²) in [5.74, 6) is -4.05. The molecule has 1 unspecified atom stereocenters. The minimum atomic E-state index is -1.57. The summed E-state index contributed by atoms with van der Waals surface area (Å²) in [4.78, 5) is 11.9. The van der Waals surface area contributed by atoms with Crippen LogP contribution in [0.2, 0.25) is 0 Å². The predicted molar refractivity (Wildman–Crippen MR) is 65.1 cm³/mol. The van der Waals surface area contributed by atoms with E-state index in [1.165, 1.54) is 13.0 Å². The van der Waals surface area contributed by atoms with Gasteiger partial charge in [0.1, 0.15) is 17.5 Å². The largest absolute Gasteiger partial charge is 0.465 e. The highest BCUT2D eigenvalue weighted by molar-refractivity contribution is 5.83. The van der Waals surface area contributed by atoms with E-state index >= 15 is 0 Å². The van der Waals surface area contributed by atoms with Crippen LogP contribution in [0.1, 0.15) is 25.8 Å². The first-order valence-corrected chi connectivity index (χ1v) is 5.80. The summed E-state index contributed by atoms with van der Waals surface area (Å²) in [6.07, 6.45) is 1.34. The standard InChI is InChI=1S/C14H15F3O2/c1-4-6-14(3,13(18)19-5-2)12-10(16)7-9(15)8-11(12)17/h4,7-8H,1,5-6H2,2-3H3. The number of hydrogen-bond donors (Lipinski definition) is 0. The van der Waals surface area contributed by atoms with E-state index in [-0.39, 0.29) is 13.0 Å². The van der Waals surface area contributed by atoms with Crippen LogP contribution >= 0.6 is 0 Å². The summed E-state index contributed by atoms with van der Waals surface area (Å²) in [5, 5.41) is 0. The van der Waals surface area contributed by atoms with Crippen molar-refractivity contribution in [2.75, 3.05) is 6.61 Å². The van der Waals surface area contributed by atoms with Crippen molar-refractivity contribution >= 4 is 5.97 Å². The van der Waals surface area contributed by atoms with Crippen molar-refractivity contribution in [1.82, 2.24) is 0 Å². The number of esters is 1. The molecule has 1 rings (SSSR count). The molecular weight excluding hydrogens is 257 g/mol. The van der Waals surface area contributed by atoms with Crippen molar-refractivity contribution in [2.24, 2.45) is 0 Å². The number of benzene rings is 1. The van der Waals surface area contributed by atoms with Gasteiger partial charge in [0.15, 0.2) is 0 Å². The molecule has 5 heteroatoms. The summed E-state index contributed by atoms with van der Waals surface area (Å²) >= 11 is 0. The minimum Gasteiger partial charge on any atom is -0.465 e. The molecule has 1 aromatic carbocycles. The summed E-state index contributed by atoms with van der Waals surface area (Å²) in [5.41, 5.74) is -2.08. The second kappa shape index (κ2) is 5.91. The number of carbonyl (C=O) groups is 1. The van der Waals surface area contributed by atoms with E-state index in [1.807, 2.05) is 0 Å². The third-order valence-corrected chi connectivity index (χ3v) is 2.84. The van der Waals surface area contributed by atoms with Gasteiger partial charge in [-0.15, -0.1) is 6.58 Å². The first-order valence-electron chi connectivity index (χ1n) is 5.80. The van der Waals surface area contributed by atoms with E-state index < -0.39 is 34.4 Å². The van der Waals surface area contributed by atoms with Crippen LogP contribution in [0.25, 0.3) is 0 Å². The third-order valence-electron chi connectivity index (χ3n) is 2.84. The zero-order chi connectivity index (χ0) is 14.6. The maximum absolute atomic E-state index is 13.8. The Balaban J connectivity index is 3.42. The normalized spacial score (nSPS) is 13.7. The molecule has 104 valence electrons. The van der Waals surface area contributed by atoms with Gasteiger partial charge in [0.25, 0.3) is 0 Å². The number of rotatable bonds is 5. The monoisotopic (exact) mass is 272 g/mol. The fourth-order valence-electron chi connectivity index (χ4n) is 1.94. The molecule has 0 amide bonds. The van der Waals surface area contributed by atoms with Crippen LogP contribution < -0.4 is 0 Å². The van der Waals surface area contributed by atoms with E-state index in [0.29, 0.717) is 12.1 Å². The highest BCUT2D eigenvalue weighted by Crippen LogP contribution is 2.34. The second-order valence-corrected chi connectivity index (χ2v) is 4.29. The van der Waals surface area contributed by atoms with Crippen LogP contribution in [-0.4, -0.2) is 12.6 Å². The molecule has 1 atom stereocenters. The quantitative estimate of drug-likeness (QED) is 0.605. The first-order chi connectivity index (χ1) is 8.86. The van der Waals surface area contributed by atoms with Gasteiger partial charge in [0.05, 0.1) is 12.0 Å². The average Bonchev–Trinajstić information content (AvgIpc) is 2.27. The number of ether oxygens (including phenoxy) is 1. The van der Waals surface area contributed by atoms with Crippen LogP contribution in [0.15, 0.2) is 24.8 Å². The summed E-state index contributed by atoms with van der Waals surface area (Å²) in [6, 6.07) is 1.08. The van der Waals surface area contributed by atoms with Gasteiger partial charge in [-0.3, -0.25) is 4.79 Å². The predicted octanol–water partition coefficient (Wildman–Crippen LogP) is 3.50. The summed E-state index contributed by atoms with van der Waals surface area (Å²) in [7, 11) is 0. The molecule has 0 saturated carbocycles. The van der Waals surface area contributed by atoms with Gasteiger partial charge in [-0.05, 0) is 20.3 Å². The fraction of sp³-hybridized carbons (Fsp3) is 0.357. The maximum atomic E-state index is 13.8. The van der Waals surface area contributed by atoms with Crippen molar-refractivity contribution in [3.05, 3.63) is 47.8 Å². The molecule has 1 aromatic rings. The van der Waals surface area contributed by atoms with E-state index in [0.717, 1.165) is 0 Å². The van der Waals surface area contributed by atoms with Crippen molar-refractivity contribution in [3.8, 4) is 0 Å². The van der Waals surface area contributed by atoms with Crippen molar-refractivity contribution in [2.45, 2.75) is 25.7 Å². The van der Waals surface area contributed by atoms with Crippen molar-refractivity contribution in [1.29, 1.82) is 0 Å². The van der Waals surface area contributed by atoms with Gasteiger partial charge in [0.2, 0.25) is 0 Å². The van der Waals surface area contributed by atoms with Crippen LogP contribution in [0.3, 0.4) is 0 Å². The van der Waals surface area contributed by atoms with E-state index in [4.69, 9.17) is 4.74 Å². The topological polar surface area (TPSA) is 26.3 Å². The number of allylic oxidation sites excluding steroid dienone is 1. The second-order valence-electron chi connectivity index (χ2n) is 4.29. The van der Waals surface area contributed by atoms with E-state index in [2.05, 4.69) is 6.58 Å². The molecule has 0 spiro atoms. The van der Waals surface area contributed by atoms with E-state index in [9.17, 15) is 18.0 Å². The molecule has 0 radical (unpaired) electrons.